The lowest BCUT2D eigenvalue weighted by Crippen LogP contribution is -2.35. The number of thioether (sulfide) groups is 1. The molecule has 24 heavy (non-hydrogen) atoms. The Balaban J connectivity index is 2.15. The molecule has 0 aliphatic carbocycles. The molecule has 0 atom stereocenters. The Hall–Kier alpha value is -2.06. The van der Waals surface area contributed by atoms with E-state index in [1.165, 1.54) is 18.1 Å². The Morgan fingerprint density at radius 2 is 2.17 bits per heavy atom. The maximum absolute atomic E-state index is 12.4. The third-order valence-corrected chi connectivity index (χ3v) is 4.41. The van der Waals surface area contributed by atoms with E-state index in [1.807, 2.05) is 0 Å². The minimum absolute atomic E-state index is 0.0257. The van der Waals surface area contributed by atoms with Crippen LogP contribution in [-0.2, 0) is 14.3 Å². The molecule has 0 spiro atoms. The molecule has 8 heteroatoms. The van der Waals surface area contributed by atoms with Gasteiger partial charge < -0.3 is 14.6 Å². The summed E-state index contributed by atoms with van der Waals surface area (Å²) in [6.07, 6.45) is 1.35. The van der Waals surface area contributed by atoms with E-state index in [0.29, 0.717) is 20.5 Å². The van der Waals surface area contributed by atoms with Crippen LogP contribution in [0.4, 0.5) is 0 Å². The fourth-order valence-corrected chi connectivity index (χ4v) is 3.27. The zero-order valence-electron chi connectivity index (χ0n) is 13.4. The van der Waals surface area contributed by atoms with Crippen LogP contribution in [0.1, 0.15) is 19.4 Å². The number of carbonyl (C=O) groups excluding carboxylic acids is 2. The lowest BCUT2D eigenvalue weighted by Gasteiger charge is -2.14. The van der Waals surface area contributed by atoms with E-state index < -0.39 is 5.97 Å². The van der Waals surface area contributed by atoms with Gasteiger partial charge in [0.1, 0.15) is 10.9 Å². The van der Waals surface area contributed by atoms with Crippen LogP contribution < -0.4 is 4.74 Å². The molecule has 6 nitrogen and oxygen atoms in total. The maximum atomic E-state index is 12.4. The molecule has 1 heterocycles. The SMILES string of the molecule is COc1ccc(C=C2SC(=S)N(CC(=O)OC(C)C)C2=O)cc1O. The van der Waals surface area contributed by atoms with Crippen molar-refractivity contribution in [1.82, 2.24) is 4.90 Å². The van der Waals surface area contributed by atoms with Gasteiger partial charge >= 0.3 is 5.97 Å². The summed E-state index contributed by atoms with van der Waals surface area (Å²) in [4.78, 5) is 25.7. The molecule has 1 saturated heterocycles. The van der Waals surface area contributed by atoms with Gasteiger partial charge in [-0.2, -0.15) is 0 Å². The number of phenols is 1. The molecule has 1 N–H and O–H groups in total. The number of thiocarbonyl (C=S) groups is 1. The van der Waals surface area contributed by atoms with Gasteiger partial charge in [0.25, 0.3) is 5.91 Å². The van der Waals surface area contributed by atoms with Gasteiger partial charge in [0.05, 0.1) is 18.1 Å². The third kappa shape index (κ3) is 4.27. The van der Waals surface area contributed by atoms with Gasteiger partial charge in [-0.05, 0) is 37.6 Å². The van der Waals surface area contributed by atoms with Crippen molar-refractivity contribution >= 4 is 46.3 Å². The number of benzene rings is 1. The summed E-state index contributed by atoms with van der Waals surface area (Å²) in [6.45, 7) is 3.25. The van der Waals surface area contributed by atoms with Crippen molar-refractivity contribution < 1.29 is 24.2 Å². The first-order chi connectivity index (χ1) is 11.3. The van der Waals surface area contributed by atoms with E-state index in [9.17, 15) is 14.7 Å². The highest BCUT2D eigenvalue weighted by Crippen LogP contribution is 2.34. The minimum atomic E-state index is -0.510. The highest BCUT2D eigenvalue weighted by molar-refractivity contribution is 8.26. The van der Waals surface area contributed by atoms with Crippen molar-refractivity contribution in [2.75, 3.05) is 13.7 Å². The van der Waals surface area contributed by atoms with Gasteiger partial charge in [0, 0.05) is 0 Å². The predicted molar refractivity (Wildman–Crippen MR) is 95.8 cm³/mol. The number of nitrogens with zero attached hydrogens (tertiary/aromatic N) is 1. The summed E-state index contributed by atoms with van der Waals surface area (Å²) in [5.74, 6) is -0.552. The quantitative estimate of drug-likeness (QED) is 0.487. The van der Waals surface area contributed by atoms with Gasteiger partial charge in [-0.3, -0.25) is 14.5 Å². The van der Waals surface area contributed by atoms with Crippen LogP contribution in [0.5, 0.6) is 11.5 Å². The highest BCUT2D eigenvalue weighted by Gasteiger charge is 2.33. The van der Waals surface area contributed by atoms with Crippen LogP contribution in [0.25, 0.3) is 6.08 Å². The van der Waals surface area contributed by atoms with E-state index in [-0.39, 0.29) is 24.3 Å². The second kappa shape index (κ2) is 7.67. The molecule has 1 amide bonds. The molecular formula is C16H17NO5S2. The average molecular weight is 367 g/mol. The van der Waals surface area contributed by atoms with Crippen LogP contribution >= 0.6 is 24.0 Å². The minimum Gasteiger partial charge on any atom is -0.504 e. The molecular weight excluding hydrogens is 350 g/mol. The number of phenolic OH excluding ortho intramolecular Hbond substituents is 1. The first-order valence-electron chi connectivity index (χ1n) is 7.13. The van der Waals surface area contributed by atoms with Crippen LogP contribution in [0.3, 0.4) is 0 Å². The van der Waals surface area contributed by atoms with Gasteiger partial charge in [0.2, 0.25) is 0 Å². The first-order valence-corrected chi connectivity index (χ1v) is 8.36. The molecule has 0 bridgehead atoms. The van der Waals surface area contributed by atoms with Crippen molar-refractivity contribution in [3.05, 3.63) is 28.7 Å². The fourth-order valence-electron chi connectivity index (χ4n) is 2.01. The molecule has 0 aromatic heterocycles. The van der Waals surface area contributed by atoms with Crippen molar-refractivity contribution in [3.63, 3.8) is 0 Å². The normalized spacial score (nSPS) is 16.2. The van der Waals surface area contributed by atoms with Gasteiger partial charge in [-0.15, -0.1) is 0 Å². The zero-order chi connectivity index (χ0) is 17.9. The monoisotopic (exact) mass is 367 g/mol. The van der Waals surface area contributed by atoms with Crippen LogP contribution in [0.15, 0.2) is 23.1 Å². The Labute approximate surface area is 149 Å². The van der Waals surface area contributed by atoms with Crippen LogP contribution in [0, 0.1) is 0 Å². The number of hydrogen-bond acceptors (Lipinski definition) is 7. The number of ether oxygens (including phenoxy) is 2. The number of rotatable bonds is 5. The van der Waals surface area contributed by atoms with Crippen molar-refractivity contribution in [2.24, 2.45) is 0 Å². The molecule has 1 aromatic carbocycles. The Morgan fingerprint density at radius 1 is 1.46 bits per heavy atom. The van der Waals surface area contributed by atoms with Crippen molar-refractivity contribution in [1.29, 1.82) is 0 Å². The highest BCUT2D eigenvalue weighted by atomic mass is 32.2. The third-order valence-electron chi connectivity index (χ3n) is 3.03. The number of carbonyl (C=O) groups is 2. The van der Waals surface area contributed by atoms with E-state index in [0.717, 1.165) is 11.8 Å². The maximum Gasteiger partial charge on any atom is 0.326 e. The first kappa shape index (κ1) is 18.3. The van der Waals surface area contributed by atoms with E-state index >= 15 is 0 Å². The van der Waals surface area contributed by atoms with Crippen molar-refractivity contribution in [2.45, 2.75) is 20.0 Å². The summed E-state index contributed by atoms with van der Waals surface area (Å²) in [5, 5.41) is 9.79. The Kier molecular flexibility index (Phi) is 5.84. The largest absolute Gasteiger partial charge is 0.504 e. The molecule has 128 valence electrons. The molecule has 1 aromatic rings. The molecule has 0 saturated carbocycles. The van der Waals surface area contributed by atoms with Crippen molar-refractivity contribution in [3.8, 4) is 11.5 Å². The summed E-state index contributed by atoms with van der Waals surface area (Å²) in [7, 11) is 1.45. The zero-order valence-corrected chi connectivity index (χ0v) is 15.1. The van der Waals surface area contributed by atoms with Crippen LogP contribution in [0.2, 0.25) is 0 Å². The summed E-state index contributed by atoms with van der Waals surface area (Å²) in [5.41, 5.74) is 0.624. The fraction of sp³-hybridized carbons (Fsp3) is 0.312. The summed E-state index contributed by atoms with van der Waals surface area (Å²) >= 11 is 6.26. The molecule has 1 fully saturated rings. The Morgan fingerprint density at radius 3 is 2.75 bits per heavy atom. The number of hydrogen-bond donors (Lipinski definition) is 1. The lowest BCUT2D eigenvalue weighted by molar-refractivity contribution is -0.149. The number of esters is 1. The van der Waals surface area contributed by atoms with Crippen LogP contribution in [-0.4, -0.2) is 46.0 Å². The second-order valence-electron chi connectivity index (χ2n) is 5.24. The number of amides is 1. The Bertz CT molecular complexity index is 714. The molecule has 2 rings (SSSR count). The molecule has 0 radical (unpaired) electrons. The summed E-state index contributed by atoms with van der Waals surface area (Å²) in [6, 6.07) is 4.79. The van der Waals surface area contributed by atoms with E-state index in [4.69, 9.17) is 21.7 Å². The van der Waals surface area contributed by atoms with E-state index in [1.54, 1.807) is 32.1 Å². The van der Waals surface area contributed by atoms with Gasteiger partial charge in [-0.25, -0.2) is 0 Å². The van der Waals surface area contributed by atoms with E-state index in [2.05, 4.69) is 0 Å². The topological polar surface area (TPSA) is 76.1 Å². The smallest absolute Gasteiger partial charge is 0.326 e. The number of aromatic hydroxyl groups is 1. The van der Waals surface area contributed by atoms with Gasteiger partial charge in [-0.1, -0.05) is 30.0 Å². The predicted octanol–water partition coefficient (Wildman–Crippen LogP) is 2.55. The molecule has 0 unspecified atom stereocenters. The molecule has 1 aliphatic heterocycles. The number of methoxy groups -OCH3 is 1. The second-order valence-corrected chi connectivity index (χ2v) is 6.91. The summed E-state index contributed by atoms with van der Waals surface area (Å²) < 4.78 is 10.3. The standard InChI is InChI=1S/C16H17NO5S2/c1-9(2)22-14(19)8-17-15(20)13(24-16(17)23)7-10-4-5-12(21-3)11(18)6-10/h4-7,9,18H,8H2,1-3H3. The average Bonchev–Trinajstić information content (AvgIpc) is 2.74. The lowest BCUT2D eigenvalue weighted by atomic mass is 10.2. The van der Waals surface area contributed by atoms with Gasteiger partial charge in [0.15, 0.2) is 11.5 Å². The molecule has 1 aliphatic rings.